The van der Waals surface area contributed by atoms with Crippen LogP contribution in [0.1, 0.15) is 55.5 Å². The van der Waals surface area contributed by atoms with Crippen molar-refractivity contribution in [1.29, 1.82) is 0 Å². The average Bonchev–Trinajstić information content (AvgIpc) is 2.70. The summed E-state index contributed by atoms with van der Waals surface area (Å²) < 4.78 is 0. The van der Waals surface area contributed by atoms with Crippen LogP contribution in [0.15, 0.2) is 54.6 Å². The smallest absolute Gasteiger partial charge is 0.255 e. The molecule has 0 unspecified atom stereocenters. The Kier molecular flexibility index (Phi) is 6.23. The van der Waals surface area contributed by atoms with E-state index in [0.717, 1.165) is 24.8 Å². The summed E-state index contributed by atoms with van der Waals surface area (Å²) >= 11 is 6.28. The number of amides is 1. The van der Waals surface area contributed by atoms with Gasteiger partial charge in [-0.1, -0.05) is 74.3 Å². The highest BCUT2D eigenvalue weighted by molar-refractivity contribution is 6.33. The van der Waals surface area contributed by atoms with Crippen LogP contribution in [-0.4, -0.2) is 28.5 Å². The van der Waals surface area contributed by atoms with Crippen LogP contribution in [0.25, 0.3) is 0 Å². The lowest BCUT2D eigenvalue weighted by Gasteiger charge is -2.50. The SMILES string of the molecule is CCC[C@@H]1[C@H](CC)N(C(=O)c2ccccc2Cl)CC[C@@]1(O)c1ccccc1. The zero-order chi connectivity index (χ0) is 19.4. The molecule has 1 N–H and O–H groups in total. The van der Waals surface area contributed by atoms with Crippen molar-refractivity contribution in [1.82, 2.24) is 4.90 Å². The number of benzene rings is 2. The summed E-state index contributed by atoms with van der Waals surface area (Å²) in [7, 11) is 0. The zero-order valence-corrected chi connectivity index (χ0v) is 16.8. The van der Waals surface area contributed by atoms with Gasteiger partial charge in [-0.25, -0.2) is 0 Å². The van der Waals surface area contributed by atoms with E-state index in [9.17, 15) is 9.90 Å². The number of nitrogens with zero attached hydrogens (tertiary/aromatic N) is 1. The fourth-order valence-corrected chi connectivity index (χ4v) is 4.77. The predicted molar refractivity (Wildman–Crippen MR) is 110 cm³/mol. The Labute approximate surface area is 167 Å². The van der Waals surface area contributed by atoms with E-state index >= 15 is 0 Å². The highest BCUT2D eigenvalue weighted by atomic mass is 35.5. The number of piperidine rings is 1. The van der Waals surface area contributed by atoms with E-state index in [0.29, 0.717) is 23.6 Å². The molecule has 0 saturated carbocycles. The number of likely N-dealkylation sites (tertiary alicyclic amines) is 1. The second-order valence-electron chi connectivity index (χ2n) is 7.39. The summed E-state index contributed by atoms with van der Waals surface area (Å²) in [4.78, 5) is 15.2. The maximum Gasteiger partial charge on any atom is 0.255 e. The van der Waals surface area contributed by atoms with Crippen LogP contribution in [0.4, 0.5) is 0 Å². The summed E-state index contributed by atoms with van der Waals surface area (Å²) in [5.74, 6) is -0.0428. The van der Waals surface area contributed by atoms with Crippen LogP contribution in [0, 0.1) is 5.92 Å². The average molecular weight is 386 g/mol. The first-order valence-corrected chi connectivity index (χ1v) is 10.2. The Morgan fingerprint density at radius 2 is 1.81 bits per heavy atom. The Hall–Kier alpha value is -1.84. The van der Waals surface area contributed by atoms with Crippen molar-refractivity contribution in [2.45, 2.75) is 51.2 Å². The number of hydrogen-bond donors (Lipinski definition) is 1. The predicted octanol–water partition coefficient (Wildman–Crippen LogP) is 5.27. The second kappa shape index (κ2) is 8.45. The summed E-state index contributed by atoms with van der Waals surface area (Å²) in [6.45, 7) is 4.75. The molecule has 0 aromatic heterocycles. The normalized spacial score (nSPS) is 25.4. The van der Waals surface area contributed by atoms with Crippen LogP contribution < -0.4 is 0 Å². The van der Waals surface area contributed by atoms with Crippen LogP contribution in [0.3, 0.4) is 0 Å². The fraction of sp³-hybridized carbons (Fsp3) is 0.435. The molecule has 0 spiro atoms. The lowest BCUT2D eigenvalue weighted by molar-refractivity contribution is -0.101. The molecule has 3 atom stereocenters. The van der Waals surface area contributed by atoms with Crippen molar-refractivity contribution in [3.8, 4) is 0 Å². The first-order chi connectivity index (χ1) is 13.0. The molecule has 1 aliphatic heterocycles. The van der Waals surface area contributed by atoms with Gasteiger partial charge in [0.2, 0.25) is 0 Å². The van der Waals surface area contributed by atoms with E-state index in [1.54, 1.807) is 12.1 Å². The van der Waals surface area contributed by atoms with Gasteiger partial charge < -0.3 is 10.0 Å². The molecular formula is C23H28ClNO2. The van der Waals surface area contributed by atoms with Gasteiger partial charge in [0.1, 0.15) is 0 Å². The van der Waals surface area contributed by atoms with Gasteiger partial charge in [0.25, 0.3) is 5.91 Å². The Morgan fingerprint density at radius 1 is 1.15 bits per heavy atom. The van der Waals surface area contributed by atoms with E-state index in [4.69, 9.17) is 11.6 Å². The number of halogens is 1. The van der Waals surface area contributed by atoms with Gasteiger partial charge in [0, 0.05) is 18.5 Å². The molecule has 1 saturated heterocycles. The van der Waals surface area contributed by atoms with Gasteiger partial charge in [-0.15, -0.1) is 0 Å². The number of carbonyl (C=O) groups is 1. The van der Waals surface area contributed by atoms with Gasteiger partial charge in [0.05, 0.1) is 16.2 Å². The molecule has 0 radical (unpaired) electrons. The topological polar surface area (TPSA) is 40.5 Å². The molecule has 2 aromatic carbocycles. The molecule has 1 aliphatic rings. The van der Waals surface area contributed by atoms with Gasteiger partial charge in [-0.2, -0.15) is 0 Å². The number of hydrogen-bond acceptors (Lipinski definition) is 2. The largest absolute Gasteiger partial charge is 0.385 e. The van der Waals surface area contributed by atoms with E-state index < -0.39 is 5.60 Å². The Morgan fingerprint density at radius 3 is 2.44 bits per heavy atom. The van der Waals surface area contributed by atoms with Crippen molar-refractivity contribution in [3.05, 3.63) is 70.7 Å². The quantitative estimate of drug-likeness (QED) is 0.761. The number of carbonyl (C=O) groups excluding carboxylic acids is 1. The van der Waals surface area contributed by atoms with E-state index in [2.05, 4.69) is 13.8 Å². The van der Waals surface area contributed by atoms with Gasteiger partial charge >= 0.3 is 0 Å². The lowest BCUT2D eigenvalue weighted by Crippen LogP contribution is -2.57. The molecule has 4 heteroatoms. The molecule has 27 heavy (non-hydrogen) atoms. The maximum atomic E-state index is 13.2. The third kappa shape index (κ3) is 3.76. The summed E-state index contributed by atoms with van der Waals surface area (Å²) in [5.41, 5.74) is 0.583. The van der Waals surface area contributed by atoms with Crippen molar-refractivity contribution in [3.63, 3.8) is 0 Å². The molecular weight excluding hydrogens is 358 g/mol. The van der Waals surface area contributed by atoms with Crippen molar-refractivity contribution in [2.75, 3.05) is 6.54 Å². The van der Waals surface area contributed by atoms with Crippen LogP contribution in [0.2, 0.25) is 5.02 Å². The van der Waals surface area contributed by atoms with E-state index in [1.807, 2.05) is 47.4 Å². The third-order valence-electron chi connectivity index (χ3n) is 5.87. The minimum Gasteiger partial charge on any atom is -0.385 e. The van der Waals surface area contributed by atoms with Gasteiger partial charge in [-0.05, 0) is 37.0 Å². The lowest BCUT2D eigenvalue weighted by atomic mass is 9.69. The summed E-state index contributed by atoms with van der Waals surface area (Å²) in [5, 5.41) is 12.2. The molecule has 1 amide bonds. The Bertz CT molecular complexity index is 779. The minimum absolute atomic E-state index is 0.00455. The molecule has 1 heterocycles. The monoisotopic (exact) mass is 385 g/mol. The van der Waals surface area contributed by atoms with E-state index in [-0.39, 0.29) is 17.9 Å². The molecule has 2 aromatic rings. The molecule has 3 nitrogen and oxygen atoms in total. The minimum atomic E-state index is -0.908. The Balaban J connectivity index is 1.97. The first-order valence-electron chi connectivity index (χ1n) is 9.86. The van der Waals surface area contributed by atoms with Crippen molar-refractivity contribution in [2.24, 2.45) is 5.92 Å². The van der Waals surface area contributed by atoms with Crippen molar-refractivity contribution >= 4 is 17.5 Å². The van der Waals surface area contributed by atoms with Crippen LogP contribution in [0.5, 0.6) is 0 Å². The maximum absolute atomic E-state index is 13.2. The molecule has 0 bridgehead atoms. The highest BCUT2D eigenvalue weighted by Gasteiger charge is 2.48. The zero-order valence-electron chi connectivity index (χ0n) is 16.1. The first kappa shape index (κ1) is 19.9. The highest BCUT2D eigenvalue weighted by Crippen LogP contribution is 2.44. The van der Waals surface area contributed by atoms with Gasteiger partial charge in [-0.3, -0.25) is 4.79 Å². The molecule has 1 fully saturated rings. The fourth-order valence-electron chi connectivity index (χ4n) is 4.55. The van der Waals surface area contributed by atoms with Crippen LogP contribution in [-0.2, 0) is 5.60 Å². The summed E-state index contributed by atoms with van der Waals surface area (Å²) in [6.07, 6.45) is 3.17. The van der Waals surface area contributed by atoms with Crippen LogP contribution >= 0.6 is 11.6 Å². The third-order valence-corrected chi connectivity index (χ3v) is 6.20. The number of aliphatic hydroxyl groups is 1. The van der Waals surface area contributed by atoms with Gasteiger partial charge in [0.15, 0.2) is 0 Å². The van der Waals surface area contributed by atoms with Crippen molar-refractivity contribution < 1.29 is 9.90 Å². The molecule has 3 rings (SSSR count). The molecule has 144 valence electrons. The second-order valence-corrected chi connectivity index (χ2v) is 7.80. The number of rotatable bonds is 5. The molecule has 0 aliphatic carbocycles. The van der Waals surface area contributed by atoms with E-state index in [1.165, 1.54) is 0 Å². The standard InChI is InChI=1S/C23H28ClNO2/c1-3-10-19-21(4-2)25(22(26)18-13-8-9-14-20(18)24)16-15-23(19,27)17-11-6-5-7-12-17/h5-9,11-14,19,21,27H,3-4,10,15-16H2,1-2H3/t19-,21+,23-/m1/s1. The summed E-state index contributed by atoms with van der Waals surface area (Å²) in [6, 6.07) is 17.1.